The molecule has 0 aromatic heterocycles. The van der Waals surface area contributed by atoms with Gasteiger partial charge in [-0.25, -0.2) is 8.42 Å². The van der Waals surface area contributed by atoms with Gasteiger partial charge in [-0.3, -0.25) is 9.10 Å². The SMILES string of the molecule is CCCCNC(=O)C1CN(S(=O)(=O)c2ccc(Cl)cc2)c2ccccc2O1. The Kier molecular flexibility index (Phi) is 5.92. The number of amides is 1. The van der Waals surface area contributed by atoms with Crippen LogP contribution in [0.3, 0.4) is 0 Å². The largest absolute Gasteiger partial charge is 0.476 e. The number of hydrogen-bond acceptors (Lipinski definition) is 4. The van der Waals surface area contributed by atoms with Gasteiger partial charge in [0.05, 0.1) is 17.1 Å². The van der Waals surface area contributed by atoms with Crippen molar-refractivity contribution in [3.63, 3.8) is 0 Å². The van der Waals surface area contributed by atoms with E-state index in [2.05, 4.69) is 5.32 Å². The summed E-state index contributed by atoms with van der Waals surface area (Å²) in [5, 5.41) is 3.25. The summed E-state index contributed by atoms with van der Waals surface area (Å²) < 4.78 is 33.4. The van der Waals surface area contributed by atoms with Crippen LogP contribution in [0.1, 0.15) is 19.8 Å². The van der Waals surface area contributed by atoms with E-state index in [9.17, 15) is 13.2 Å². The highest BCUT2D eigenvalue weighted by Gasteiger charge is 2.37. The topological polar surface area (TPSA) is 75.7 Å². The first-order valence-electron chi connectivity index (χ1n) is 8.75. The van der Waals surface area contributed by atoms with Crippen LogP contribution in [-0.2, 0) is 14.8 Å². The fourth-order valence-electron chi connectivity index (χ4n) is 2.80. The fraction of sp³-hybridized carbons (Fsp3) is 0.316. The first-order chi connectivity index (χ1) is 12.9. The van der Waals surface area contributed by atoms with Gasteiger partial charge in [0.2, 0.25) is 0 Å². The molecule has 2 aromatic rings. The van der Waals surface area contributed by atoms with E-state index in [1.165, 1.54) is 28.6 Å². The highest BCUT2D eigenvalue weighted by atomic mass is 35.5. The summed E-state index contributed by atoms with van der Waals surface area (Å²) in [5.74, 6) is 0.0335. The lowest BCUT2D eigenvalue weighted by molar-refractivity contribution is -0.127. The lowest BCUT2D eigenvalue weighted by Gasteiger charge is -2.34. The summed E-state index contributed by atoms with van der Waals surface area (Å²) in [6.07, 6.45) is 0.881. The predicted octanol–water partition coefficient (Wildman–Crippen LogP) is 3.21. The van der Waals surface area contributed by atoms with Crippen LogP contribution in [0.15, 0.2) is 53.4 Å². The first kappa shape index (κ1) is 19.5. The van der Waals surface area contributed by atoms with Gasteiger partial charge in [0.1, 0.15) is 5.75 Å². The Bertz CT molecular complexity index is 916. The summed E-state index contributed by atoms with van der Waals surface area (Å²) in [6.45, 7) is 2.46. The minimum Gasteiger partial charge on any atom is -0.476 e. The Morgan fingerprint density at radius 2 is 1.93 bits per heavy atom. The van der Waals surface area contributed by atoms with Gasteiger partial charge in [0.25, 0.3) is 15.9 Å². The number of ether oxygens (including phenoxy) is 1. The summed E-state index contributed by atoms with van der Waals surface area (Å²) in [5.41, 5.74) is 0.407. The molecule has 1 N–H and O–H groups in total. The monoisotopic (exact) mass is 408 g/mol. The van der Waals surface area contributed by atoms with Crippen LogP contribution in [0.2, 0.25) is 5.02 Å². The first-order valence-corrected chi connectivity index (χ1v) is 10.6. The van der Waals surface area contributed by atoms with Crippen molar-refractivity contribution in [2.45, 2.75) is 30.8 Å². The van der Waals surface area contributed by atoms with Gasteiger partial charge in [-0.1, -0.05) is 37.1 Å². The number of nitrogens with zero attached hydrogens (tertiary/aromatic N) is 1. The van der Waals surface area contributed by atoms with Crippen LogP contribution in [-0.4, -0.2) is 33.5 Å². The number of unbranched alkanes of at least 4 members (excludes halogenated alkanes) is 1. The van der Waals surface area contributed by atoms with Crippen LogP contribution in [0.25, 0.3) is 0 Å². The third-order valence-electron chi connectivity index (χ3n) is 4.26. The summed E-state index contributed by atoms with van der Waals surface area (Å²) in [7, 11) is -3.87. The number of halogens is 1. The van der Waals surface area contributed by atoms with Gasteiger partial charge in [0, 0.05) is 11.6 Å². The molecule has 0 bridgehead atoms. The molecule has 1 amide bonds. The van der Waals surface area contributed by atoms with Crippen LogP contribution in [0.5, 0.6) is 5.75 Å². The smallest absolute Gasteiger partial charge is 0.264 e. The molecule has 0 fully saturated rings. The Balaban J connectivity index is 1.93. The molecule has 144 valence electrons. The number of nitrogens with one attached hydrogen (secondary N) is 1. The van der Waals surface area contributed by atoms with E-state index in [1.807, 2.05) is 6.92 Å². The maximum Gasteiger partial charge on any atom is 0.264 e. The van der Waals surface area contributed by atoms with E-state index in [1.54, 1.807) is 24.3 Å². The molecule has 0 saturated heterocycles. The minimum absolute atomic E-state index is 0.0973. The average molecular weight is 409 g/mol. The lowest BCUT2D eigenvalue weighted by Crippen LogP contribution is -2.50. The zero-order valence-corrected chi connectivity index (χ0v) is 16.5. The molecule has 6 nitrogen and oxygen atoms in total. The molecule has 1 aliphatic heterocycles. The molecule has 3 rings (SSSR count). The quantitative estimate of drug-likeness (QED) is 0.744. The van der Waals surface area contributed by atoms with Crippen molar-refractivity contribution in [3.05, 3.63) is 53.6 Å². The number of hydrogen-bond donors (Lipinski definition) is 1. The van der Waals surface area contributed by atoms with Gasteiger partial charge in [-0.2, -0.15) is 0 Å². The maximum atomic E-state index is 13.2. The second-order valence-electron chi connectivity index (χ2n) is 6.21. The molecular weight excluding hydrogens is 388 g/mol. The normalized spacial score (nSPS) is 16.4. The van der Waals surface area contributed by atoms with E-state index in [0.29, 0.717) is 23.0 Å². The van der Waals surface area contributed by atoms with Gasteiger partial charge in [-0.15, -0.1) is 0 Å². The molecule has 27 heavy (non-hydrogen) atoms. The van der Waals surface area contributed by atoms with Crippen LogP contribution < -0.4 is 14.4 Å². The zero-order valence-electron chi connectivity index (χ0n) is 14.9. The van der Waals surface area contributed by atoms with E-state index in [-0.39, 0.29) is 17.3 Å². The Morgan fingerprint density at radius 3 is 2.63 bits per heavy atom. The standard InChI is InChI=1S/C19H21ClN2O4S/c1-2-3-12-21-19(23)18-13-22(16-6-4-5-7-17(16)26-18)27(24,25)15-10-8-14(20)9-11-15/h4-11,18H,2-3,12-13H2,1H3,(H,21,23). The molecule has 0 aliphatic carbocycles. The number of carbonyl (C=O) groups is 1. The third kappa shape index (κ3) is 4.20. The second-order valence-corrected chi connectivity index (χ2v) is 8.51. The van der Waals surface area contributed by atoms with Gasteiger partial charge < -0.3 is 10.1 Å². The number of anilines is 1. The van der Waals surface area contributed by atoms with E-state index >= 15 is 0 Å². The molecule has 8 heteroatoms. The van der Waals surface area contributed by atoms with E-state index in [0.717, 1.165) is 12.8 Å². The van der Waals surface area contributed by atoms with Gasteiger partial charge in [-0.05, 0) is 42.8 Å². The molecule has 0 spiro atoms. The Labute approximate surface area is 164 Å². The van der Waals surface area contributed by atoms with Crippen LogP contribution in [0, 0.1) is 0 Å². The predicted molar refractivity (Wildman–Crippen MR) is 105 cm³/mol. The molecule has 1 aliphatic rings. The number of carbonyl (C=O) groups excluding carboxylic acids is 1. The van der Waals surface area contributed by atoms with Crippen molar-refractivity contribution in [2.75, 3.05) is 17.4 Å². The molecule has 1 atom stereocenters. The molecule has 1 heterocycles. The van der Waals surface area contributed by atoms with E-state index in [4.69, 9.17) is 16.3 Å². The van der Waals surface area contributed by atoms with Crippen molar-refractivity contribution in [1.82, 2.24) is 5.32 Å². The van der Waals surface area contributed by atoms with Crippen molar-refractivity contribution in [3.8, 4) is 5.75 Å². The third-order valence-corrected chi connectivity index (χ3v) is 6.30. The lowest BCUT2D eigenvalue weighted by atomic mass is 10.2. The number of benzene rings is 2. The maximum absolute atomic E-state index is 13.2. The number of sulfonamides is 1. The minimum atomic E-state index is -3.87. The molecular formula is C19H21ClN2O4S. The van der Waals surface area contributed by atoms with Crippen molar-refractivity contribution in [2.24, 2.45) is 0 Å². The Hall–Kier alpha value is -2.25. The summed E-state index contributed by atoms with van der Waals surface area (Å²) >= 11 is 5.87. The summed E-state index contributed by atoms with van der Waals surface area (Å²) in [4.78, 5) is 12.6. The Morgan fingerprint density at radius 1 is 1.22 bits per heavy atom. The second kappa shape index (κ2) is 8.19. The summed E-state index contributed by atoms with van der Waals surface area (Å²) in [6, 6.07) is 12.7. The van der Waals surface area contributed by atoms with Gasteiger partial charge >= 0.3 is 0 Å². The number of rotatable bonds is 6. The molecule has 0 saturated carbocycles. The highest BCUT2D eigenvalue weighted by Crippen LogP contribution is 2.36. The zero-order chi connectivity index (χ0) is 19.4. The number of fused-ring (bicyclic) bond motifs is 1. The van der Waals surface area contributed by atoms with Crippen LogP contribution >= 0.6 is 11.6 Å². The van der Waals surface area contributed by atoms with Gasteiger partial charge in [0.15, 0.2) is 6.10 Å². The van der Waals surface area contributed by atoms with Crippen molar-refractivity contribution in [1.29, 1.82) is 0 Å². The number of para-hydroxylation sites is 2. The highest BCUT2D eigenvalue weighted by molar-refractivity contribution is 7.92. The fourth-order valence-corrected chi connectivity index (χ4v) is 4.40. The molecule has 2 aromatic carbocycles. The van der Waals surface area contributed by atoms with E-state index < -0.39 is 16.1 Å². The average Bonchev–Trinajstić information content (AvgIpc) is 2.67. The molecule has 0 radical (unpaired) electrons. The molecule has 1 unspecified atom stereocenters. The van der Waals surface area contributed by atoms with Crippen LogP contribution in [0.4, 0.5) is 5.69 Å². The van der Waals surface area contributed by atoms with Crippen molar-refractivity contribution >= 4 is 33.2 Å². The van der Waals surface area contributed by atoms with Crippen molar-refractivity contribution < 1.29 is 17.9 Å².